The monoisotopic (exact) mass is 325 g/mol. The molecule has 1 amide bonds. The molecule has 4 heteroatoms. The number of hydrogen-bond acceptors (Lipinski definition) is 3. The lowest BCUT2D eigenvalue weighted by Gasteiger charge is -2.25. The molecule has 1 saturated heterocycles. The zero-order valence-corrected chi connectivity index (χ0v) is 14.2. The molecule has 0 aliphatic carbocycles. The van der Waals surface area contributed by atoms with Crippen LogP contribution in [0.5, 0.6) is 11.5 Å². The van der Waals surface area contributed by atoms with E-state index in [9.17, 15) is 4.79 Å². The first kappa shape index (κ1) is 16.4. The second-order valence-corrected chi connectivity index (χ2v) is 6.09. The fourth-order valence-corrected chi connectivity index (χ4v) is 3.30. The van der Waals surface area contributed by atoms with Crippen LogP contribution < -0.4 is 9.47 Å². The second kappa shape index (κ2) is 7.39. The molecule has 1 unspecified atom stereocenters. The van der Waals surface area contributed by atoms with Crippen molar-refractivity contribution in [2.45, 2.75) is 25.3 Å². The maximum atomic E-state index is 13.0. The number of hydrogen-bond donors (Lipinski definition) is 0. The Morgan fingerprint density at radius 1 is 1.08 bits per heavy atom. The molecule has 0 radical (unpaired) electrons. The molecule has 0 N–H and O–H groups in total. The lowest BCUT2D eigenvalue weighted by molar-refractivity contribution is 0.0735. The van der Waals surface area contributed by atoms with Crippen LogP contribution in [0.2, 0.25) is 0 Å². The van der Waals surface area contributed by atoms with Gasteiger partial charge < -0.3 is 14.4 Å². The molecule has 0 bridgehead atoms. The molecule has 4 nitrogen and oxygen atoms in total. The van der Waals surface area contributed by atoms with Gasteiger partial charge in [0.25, 0.3) is 5.91 Å². The molecule has 0 spiro atoms. The highest BCUT2D eigenvalue weighted by Gasteiger charge is 2.29. The zero-order chi connectivity index (χ0) is 16.9. The molecule has 1 fully saturated rings. The highest BCUT2D eigenvalue weighted by molar-refractivity contribution is 5.95. The summed E-state index contributed by atoms with van der Waals surface area (Å²) in [5.41, 5.74) is 1.89. The van der Waals surface area contributed by atoms with E-state index in [1.165, 1.54) is 5.56 Å². The molecule has 1 heterocycles. The van der Waals surface area contributed by atoms with E-state index in [2.05, 4.69) is 12.1 Å². The van der Waals surface area contributed by atoms with Crippen molar-refractivity contribution in [3.05, 3.63) is 59.7 Å². The van der Waals surface area contributed by atoms with Gasteiger partial charge in [0.05, 0.1) is 14.2 Å². The van der Waals surface area contributed by atoms with Crippen molar-refractivity contribution < 1.29 is 14.3 Å². The van der Waals surface area contributed by atoms with Crippen LogP contribution in [0.4, 0.5) is 0 Å². The molecule has 1 aliphatic rings. The molecule has 2 aromatic rings. The molecule has 0 aromatic heterocycles. The highest BCUT2D eigenvalue weighted by atomic mass is 16.5. The van der Waals surface area contributed by atoms with Crippen molar-refractivity contribution in [3.8, 4) is 11.5 Å². The van der Waals surface area contributed by atoms with Crippen molar-refractivity contribution in [3.63, 3.8) is 0 Å². The molecule has 0 saturated carbocycles. The minimum atomic E-state index is 0.0469. The van der Waals surface area contributed by atoms with E-state index in [0.29, 0.717) is 17.1 Å². The van der Waals surface area contributed by atoms with E-state index >= 15 is 0 Å². The number of rotatable bonds is 5. The summed E-state index contributed by atoms with van der Waals surface area (Å²) in [5, 5.41) is 0. The van der Waals surface area contributed by atoms with Crippen LogP contribution in [0.3, 0.4) is 0 Å². The van der Waals surface area contributed by atoms with Crippen molar-refractivity contribution in [1.82, 2.24) is 4.90 Å². The van der Waals surface area contributed by atoms with E-state index in [0.717, 1.165) is 25.8 Å². The Hall–Kier alpha value is -2.49. The van der Waals surface area contributed by atoms with Gasteiger partial charge in [-0.1, -0.05) is 30.3 Å². The standard InChI is InChI=1S/C20H23NO3/c1-23-18-12-16(13-19(14-18)24-2)20(22)21-10-6-9-17(21)11-15-7-4-3-5-8-15/h3-5,7-8,12-14,17H,6,9-11H2,1-2H3. The van der Waals surface area contributed by atoms with Gasteiger partial charge in [0, 0.05) is 24.2 Å². The lowest BCUT2D eigenvalue weighted by Crippen LogP contribution is -2.36. The van der Waals surface area contributed by atoms with Crippen LogP contribution in [0, 0.1) is 0 Å². The van der Waals surface area contributed by atoms with Crippen LogP contribution in [0.25, 0.3) is 0 Å². The molecule has 1 aliphatic heterocycles. The van der Waals surface area contributed by atoms with Gasteiger partial charge in [0.2, 0.25) is 0 Å². The van der Waals surface area contributed by atoms with E-state index in [1.807, 2.05) is 23.1 Å². The lowest BCUT2D eigenvalue weighted by atomic mass is 10.0. The quantitative estimate of drug-likeness (QED) is 0.844. The fourth-order valence-electron chi connectivity index (χ4n) is 3.30. The summed E-state index contributed by atoms with van der Waals surface area (Å²) < 4.78 is 10.6. The fraction of sp³-hybridized carbons (Fsp3) is 0.350. The van der Waals surface area contributed by atoms with Crippen LogP contribution in [-0.2, 0) is 6.42 Å². The van der Waals surface area contributed by atoms with Crippen molar-refractivity contribution in [2.75, 3.05) is 20.8 Å². The zero-order valence-electron chi connectivity index (χ0n) is 14.2. The van der Waals surface area contributed by atoms with Crippen molar-refractivity contribution in [1.29, 1.82) is 0 Å². The first-order chi connectivity index (χ1) is 11.7. The predicted molar refractivity (Wildman–Crippen MR) is 93.8 cm³/mol. The first-order valence-electron chi connectivity index (χ1n) is 8.29. The van der Waals surface area contributed by atoms with Crippen molar-refractivity contribution in [2.24, 2.45) is 0 Å². The normalized spacial score (nSPS) is 16.9. The number of methoxy groups -OCH3 is 2. The third kappa shape index (κ3) is 3.53. The average molecular weight is 325 g/mol. The Kier molecular flexibility index (Phi) is 5.04. The number of carbonyl (C=O) groups excluding carboxylic acids is 1. The Bertz CT molecular complexity index is 677. The van der Waals surface area contributed by atoms with E-state index in [1.54, 1.807) is 32.4 Å². The first-order valence-corrected chi connectivity index (χ1v) is 8.29. The Morgan fingerprint density at radius 3 is 2.38 bits per heavy atom. The van der Waals surface area contributed by atoms with E-state index < -0.39 is 0 Å². The summed E-state index contributed by atoms with van der Waals surface area (Å²) in [7, 11) is 3.19. The Labute approximate surface area is 143 Å². The molecule has 3 rings (SSSR count). The molecule has 1 atom stereocenters. The van der Waals surface area contributed by atoms with Gasteiger partial charge in [0.1, 0.15) is 11.5 Å². The largest absolute Gasteiger partial charge is 0.497 e. The maximum Gasteiger partial charge on any atom is 0.254 e. The van der Waals surface area contributed by atoms with Gasteiger partial charge in [-0.05, 0) is 37.0 Å². The van der Waals surface area contributed by atoms with Gasteiger partial charge in [-0.25, -0.2) is 0 Å². The second-order valence-electron chi connectivity index (χ2n) is 6.09. The number of nitrogens with zero attached hydrogens (tertiary/aromatic N) is 1. The third-order valence-electron chi connectivity index (χ3n) is 4.55. The summed E-state index contributed by atoms with van der Waals surface area (Å²) in [6.07, 6.45) is 2.99. The van der Waals surface area contributed by atoms with Gasteiger partial charge in [-0.3, -0.25) is 4.79 Å². The summed E-state index contributed by atoms with van der Waals surface area (Å²) in [6.45, 7) is 0.801. The third-order valence-corrected chi connectivity index (χ3v) is 4.55. The van der Waals surface area contributed by atoms with Crippen LogP contribution in [-0.4, -0.2) is 37.6 Å². The topological polar surface area (TPSA) is 38.8 Å². The summed E-state index contributed by atoms with van der Waals surface area (Å²) >= 11 is 0. The van der Waals surface area contributed by atoms with Gasteiger partial charge >= 0.3 is 0 Å². The molecular formula is C20H23NO3. The minimum absolute atomic E-state index is 0.0469. The molecular weight excluding hydrogens is 302 g/mol. The number of amides is 1. The average Bonchev–Trinajstić information content (AvgIpc) is 3.09. The number of likely N-dealkylation sites (tertiary alicyclic amines) is 1. The SMILES string of the molecule is COc1cc(OC)cc(C(=O)N2CCCC2Cc2ccccc2)c1. The van der Waals surface area contributed by atoms with Crippen molar-refractivity contribution >= 4 is 5.91 Å². The smallest absolute Gasteiger partial charge is 0.254 e. The van der Waals surface area contributed by atoms with Gasteiger partial charge in [0.15, 0.2) is 0 Å². The summed E-state index contributed by atoms with van der Waals surface area (Å²) in [6, 6.07) is 15.9. The van der Waals surface area contributed by atoms with Gasteiger partial charge in [-0.15, -0.1) is 0 Å². The Morgan fingerprint density at radius 2 is 1.75 bits per heavy atom. The summed E-state index contributed by atoms with van der Waals surface area (Å²) in [4.78, 5) is 15.0. The van der Waals surface area contributed by atoms with E-state index in [4.69, 9.17) is 9.47 Å². The minimum Gasteiger partial charge on any atom is -0.497 e. The van der Waals surface area contributed by atoms with Crippen LogP contribution >= 0.6 is 0 Å². The van der Waals surface area contributed by atoms with Crippen LogP contribution in [0.15, 0.2) is 48.5 Å². The Balaban J connectivity index is 1.80. The molecule has 24 heavy (non-hydrogen) atoms. The van der Waals surface area contributed by atoms with E-state index in [-0.39, 0.29) is 11.9 Å². The molecule has 126 valence electrons. The predicted octanol–water partition coefficient (Wildman–Crippen LogP) is 3.55. The number of ether oxygens (including phenoxy) is 2. The highest BCUT2D eigenvalue weighted by Crippen LogP contribution is 2.27. The maximum absolute atomic E-state index is 13.0. The van der Waals surface area contributed by atoms with Gasteiger partial charge in [-0.2, -0.15) is 0 Å². The summed E-state index contributed by atoms with van der Waals surface area (Å²) in [5.74, 6) is 1.32. The van der Waals surface area contributed by atoms with Crippen LogP contribution in [0.1, 0.15) is 28.8 Å². The molecule has 2 aromatic carbocycles. The number of carbonyl (C=O) groups is 1. The number of benzene rings is 2.